The standard InChI is InChI=1S/C16H21NO2S/c1-3-8-14(4-2)15(13-17(18)19)11-12-20-16-9-6-5-7-10-16/h3-7,9-10,14-15H,1-2,8,11-13H2/t14-,15-/m1/s1. The lowest BCUT2D eigenvalue weighted by Gasteiger charge is -2.19. The minimum atomic E-state index is -0.225. The number of rotatable bonds is 10. The normalized spacial score (nSPS) is 13.4. The molecule has 0 unspecified atom stereocenters. The van der Waals surface area contributed by atoms with Gasteiger partial charge in [-0.05, 0) is 36.6 Å². The number of hydrogen-bond acceptors (Lipinski definition) is 3. The van der Waals surface area contributed by atoms with E-state index >= 15 is 0 Å². The van der Waals surface area contributed by atoms with Crippen LogP contribution in [0.3, 0.4) is 0 Å². The van der Waals surface area contributed by atoms with Gasteiger partial charge in [0.2, 0.25) is 6.54 Å². The molecule has 0 radical (unpaired) electrons. The molecule has 3 nitrogen and oxygen atoms in total. The van der Waals surface area contributed by atoms with Crippen LogP contribution in [-0.2, 0) is 0 Å². The molecular formula is C16H21NO2S. The minimum Gasteiger partial charge on any atom is -0.265 e. The summed E-state index contributed by atoms with van der Waals surface area (Å²) in [5, 5.41) is 10.8. The van der Waals surface area contributed by atoms with E-state index in [9.17, 15) is 10.1 Å². The van der Waals surface area contributed by atoms with Gasteiger partial charge in [-0.1, -0.05) is 30.4 Å². The summed E-state index contributed by atoms with van der Waals surface area (Å²) in [5.74, 6) is 1.04. The van der Waals surface area contributed by atoms with E-state index in [4.69, 9.17) is 0 Å². The lowest BCUT2D eigenvalue weighted by Crippen LogP contribution is -2.22. The summed E-state index contributed by atoms with van der Waals surface area (Å²) in [6.07, 6.45) is 5.19. The van der Waals surface area contributed by atoms with Gasteiger partial charge in [-0.25, -0.2) is 0 Å². The molecule has 0 fully saturated rings. The van der Waals surface area contributed by atoms with Crippen LogP contribution in [0.4, 0.5) is 0 Å². The Kier molecular flexibility index (Phi) is 7.73. The molecule has 20 heavy (non-hydrogen) atoms. The summed E-state index contributed by atoms with van der Waals surface area (Å²) in [6, 6.07) is 10.1. The van der Waals surface area contributed by atoms with Crippen molar-refractivity contribution in [3.63, 3.8) is 0 Å². The lowest BCUT2D eigenvalue weighted by atomic mass is 9.87. The first kappa shape index (κ1) is 16.5. The molecule has 0 aliphatic heterocycles. The SMILES string of the molecule is C=CC[C@@H](C=C)[C@H](CCSc1ccccc1)C[N+](=O)[O-]. The summed E-state index contributed by atoms with van der Waals surface area (Å²) in [7, 11) is 0. The largest absolute Gasteiger partial charge is 0.265 e. The molecule has 0 aliphatic rings. The fourth-order valence-electron chi connectivity index (χ4n) is 2.15. The number of nitro groups is 1. The van der Waals surface area contributed by atoms with Crippen LogP contribution in [0.15, 0.2) is 60.5 Å². The molecule has 2 atom stereocenters. The highest BCUT2D eigenvalue weighted by Gasteiger charge is 2.22. The Balaban J connectivity index is 2.53. The Bertz CT molecular complexity index is 433. The van der Waals surface area contributed by atoms with Gasteiger partial charge in [-0.2, -0.15) is 0 Å². The average molecular weight is 291 g/mol. The van der Waals surface area contributed by atoms with Gasteiger partial charge in [0.05, 0.1) is 0 Å². The number of nitrogens with zero attached hydrogens (tertiary/aromatic N) is 1. The van der Waals surface area contributed by atoms with E-state index in [2.05, 4.69) is 25.3 Å². The summed E-state index contributed by atoms with van der Waals surface area (Å²) < 4.78 is 0. The van der Waals surface area contributed by atoms with Crippen LogP contribution in [0.1, 0.15) is 12.8 Å². The smallest absolute Gasteiger partial charge is 0.207 e. The number of hydrogen-bond donors (Lipinski definition) is 0. The molecule has 1 aromatic rings. The predicted octanol–water partition coefficient (Wildman–Crippen LogP) is 4.44. The van der Waals surface area contributed by atoms with Crippen molar-refractivity contribution in [2.24, 2.45) is 11.8 Å². The summed E-state index contributed by atoms with van der Waals surface area (Å²) in [5.41, 5.74) is 0. The van der Waals surface area contributed by atoms with E-state index in [0.29, 0.717) is 0 Å². The van der Waals surface area contributed by atoms with Crippen LogP contribution < -0.4 is 0 Å². The maximum absolute atomic E-state index is 10.8. The zero-order chi connectivity index (χ0) is 14.8. The number of thioether (sulfide) groups is 1. The molecule has 0 N–H and O–H groups in total. The van der Waals surface area contributed by atoms with Crippen LogP contribution in [0.25, 0.3) is 0 Å². The third kappa shape index (κ3) is 6.06. The molecule has 0 amide bonds. The molecule has 0 aromatic heterocycles. The Morgan fingerprint density at radius 3 is 2.55 bits per heavy atom. The van der Waals surface area contributed by atoms with Crippen LogP contribution in [0, 0.1) is 22.0 Å². The summed E-state index contributed by atoms with van der Waals surface area (Å²) in [6.45, 7) is 7.51. The van der Waals surface area contributed by atoms with Gasteiger partial charge < -0.3 is 0 Å². The van der Waals surface area contributed by atoms with Crippen molar-refractivity contribution in [1.82, 2.24) is 0 Å². The third-order valence-corrected chi connectivity index (χ3v) is 4.28. The van der Waals surface area contributed by atoms with E-state index in [1.807, 2.05) is 30.4 Å². The van der Waals surface area contributed by atoms with E-state index in [-0.39, 0.29) is 23.3 Å². The molecule has 0 spiro atoms. The number of allylic oxidation sites excluding steroid dienone is 2. The first-order chi connectivity index (χ1) is 9.67. The van der Waals surface area contributed by atoms with Gasteiger partial charge in [-0.15, -0.1) is 24.9 Å². The van der Waals surface area contributed by atoms with E-state index in [0.717, 1.165) is 18.6 Å². The Hall–Kier alpha value is -1.55. The second-order valence-corrected chi connectivity index (χ2v) is 5.82. The third-order valence-electron chi connectivity index (χ3n) is 3.23. The average Bonchev–Trinajstić information content (AvgIpc) is 2.44. The number of benzene rings is 1. The van der Waals surface area contributed by atoms with Crippen LogP contribution in [0.5, 0.6) is 0 Å². The molecule has 0 bridgehead atoms. The topological polar surface area (TPSA) is 43.1 Å². The van der Waals surface area contributed by atoms with E-state index < -0.39 is 0 Å². The molecule has 1 rings (SSSR count). The van der Waals surface area contributed by atoms with Crippen molar-refractivity contribution in [1.29, 1.82) is 0 Å². The first-order valence-electron chi connectivity index (χ1n) is 6.70. The Labute approximate surface area is 124 Å². The van der Waals surface area contributed by atoms with Gasteiger partial charge in [0, 0.05) is 15.7 Å². The highest BCUT2D eigenvalue weighted by molar-refractivity contribution is 7.99. The van der Waals surface area contributed by atoms with Gasteiger partial charge in [-0.3, -0.25) is 10.1 Å². The van der Waals surface area contributed by atoms with Crippen molar-refractivity contribution in [2.75, 3.05) is 12.3 Å². The first-order valence-corrected chi connectivity index (χ1v) is 7.69. The van der Waals surface area contributed by atoms with Crippen LogP contribution in [0.2, 0.25) is 0 Å². The fourth-order valence-corrected chi connectivity index (χ4v) is 3.16. The molecule has 1 aromatic carbocycles. The molecule has 0 heterocycles. The Morgan fingerprint density at radius 1 is 1.30 bits per heavy atom. The maximum Gasteiger partial charge on any atom is 0.207 e. The summed E-state index contributed by atoms with van der Waals surface area (Å²) in [4.78, 5) is 11.8. The molecule has 0 saturated heterocycles. The van der Waals surface area contributed by atoms with E-state index in [1.54, 1.807) is 11.8 Å². The lowest BCUT2D eigenvalue weighted by molar-refractivity contribution is -0.489. The van der Waals surface area contributed by atoms with Crippen molar-refractivity contribution >= 4 is 11.8 Å². The molecule has 0 aliphatic carbocycles. The van der Waals surface area contributed by atoms with Gasteiger partial charge >= 0.3 is 0 Å². The second kappa shape index (κ2) is 9.37. The van der Waals surface area contributed by atoms with Crippen molar-refractivity contribution in [3.8, 4) is 0 Å². The highest BCUT2D eigenvalue weighted by atomic mass is 32.2. The zero-order valence-electron chi connectivity index (χ0n) is 11.6. The van der Waals surface area contributed by atoms with Crippen molar-refractivity contribution in [3.05, 3.63) is 65.8 Å². The maximum atomic E-state index is 10.8. The molecule has 108 valence electrons. The zero-order valence-corrected chi connectivity index (χ0v) is 12.4. The quantitative estimate of drug-likeness (QED) is 0.277. The fraction of sp³-hybridized carbons (Fsp3) is 0.375. The molecular weight excluding hydrogens is 270 g/mol. The monoisotopic (exact) mass is 291 g/mol. The summed E-state index contributed by atoms with van der Waals surface area (Å²) >= 11 is 1.74. The van der Waals surface area contributed by atoms with Gasteiger partial charge in [0.15, 0.2) is 0 Å². The minimum absolute atomic E-state index is 0.000123. The van der Waals surface area contributed by atoms with Gasteiger partial charge in [0.1, 0.15) is 0 Å². The van der Waals surface area contributed by atoms with Crippen molar-refractivity contribution in [2.45, 2.75) is 17.7 Å². The molecule has 0 saturated carbocycles. The van der Waals surface area contributed by atoms with Crippen LogP contribution >= 0.6 is 11.8 Å². The van der Waals surface area contributed by atoms with Crippen molar-refractivity contribution < 1.29 is 4.92 Å². The van der Waals surface area contributed by atoms with E-state index in [1.165, 1.54) is 4.90 Å². The second-order valence-electron chi connectivity index (χ2n) is 4.65. The predicted molar refractivity (Wildman–Crippen MR) is 85.6 cm³/mol. The van der Waals surface area contributed by atoms with Gasteiger partial charge in [0.25, 0.3) is 0 Å². The molecule has 4 heteroatoms. The highest BCUT2D eigenvalue weighted by Crippen LogP contribution is 2.26. The Morgan fingerprint density at radius 2 is 2.00 bits per heavy atom. The van der Waals surface area contributed by atoms with Crippen LogP contribution in [-0.4, -0.2) is 17.2 Å².